The molecular formula is C15H21NO3. The summed E-state index contributed by atoms with van der Waals surface area (Å²) in [6.07, 6.45) is 2.44. The largest absolute Gasteiger partial charge is 0.481 e. The van der Waals surface area contributed by atoms with Gasteiger partial charge in [-0.25, -0.2) is 0 Å². The second-order valence-electron chi connectivity index (χ2n) is 5.01. The summed E-state index contributed by atoms with van der Waals surface area (Å²) in [5.74, 6) is -0.247. The highest BCUT2D eigenvalue weighted by Gasteiger charge is 2.18. The molecule has 19 heavy (non-hydrogen) atoms. The van der Waals surface area contributed by atoms with Crippen molar-refractivity contribution in [3.63, 3.8) is 0 Å². The van der Waals surface area contributed by atoms with E-state index in [0.717, 1.165) is 38.3 Å². The predicted octanol–water partition coefficient (Wildman–Crippen LogP) is 2.39. The van der Waals surface area contributed by atoms with Gasteiger partial charge in [0.05, 0.1) is 13.0 Å². The number of benzene rings is 1. The molecule has 1 aliphatic rings. The number of nitrogens with zero attached hydrogens (tertiary/aromatic N) is 1. The highest BCUT2D eigenvalue weighted by atomic mass is 16.5. The molecule has 0 amide bonds. The number of hydrogen-bond acceptors (Lipinski definition) is 3. The lowest BCUT2D eigenvalue weighted by Gasteiger charge is -2.31. The zero-order valence-corrected chi connectivity index (χ0v) is 11.1. The number of aliphatic carboxylic acids is 1. The number of carboxylic acid groups (broad SMARTS) is 1. The fourth-order valence-corrected chi connectivity index (χ4v) is 2.46. The molecule has 1 aromatic rings. The smallest absolute Gasteiger partial charge is 0.305 e. The van der Waals surface area contributed by atoms with Crippen LogP contribution in [-0.2, 0) is 9.53 Å². The van der Waals surface area contributed by atoms with Gasteiger partial charge < -0.3 is 14.7 Å². The zero-order valence-electron chi connectivity index (χ0n) is 11.1. The van der Waals surface area contributed by atoms with Crippen LogP contribution in [0.3, 0.4) is 0 Å². The van der Waals surface area contributed by atoms with E-state index in [-0.39, 0.29) is 6.42 Å². The lowest BCUT2D eigenvalue weighted by atomic mass is 10.0. The van der Waals surface area contributed by atoms with Gasteiger partial charge in [0.15, 0.2) is 0 Å². The summed E-state index contributed by atoms with van der Waals surface area (Å²) in [7, 11) is 0. The molecule has 0 saturated carbocycles. The van der Waals surface area contributed by atoms with E-state index in [0.29, 0.717) is 12.5 Å². The van der Waals surface area contributed by atoms with E-state index >= 15 is 0 Å². The van der Waals surface area contributed by atoms with E-state index in [2.05, 4.69) is 4.90 Å². The fourth-order valence-electron chi connectivity index (χ4n) is 2.46. The molecule has 2 rings (SSSR count). The normalized spacial score (nSPS) is 19.1. The van der Waals surface area contributed by atoms with E-state index in [1.807, 2.05) is 30.3 Å². The van der Waals surface area contributed by atoms with Gasteiger partial charge >= 0.3 is 5.97 Å². The Morgan fingerprint density at radius 1 is 1.37 bits per heavy atom. The van der Waals surface area contributed by atoms with Gasteiger partial charge in [0, 0.05) is 25.4 Å². The molecule has 104 valence electrons. The number of ether oxygens (including phenoxy) is 1. The Labute approximate surface area is 114 Å². The van der Waals surface area contributed by atoms with Crippen LogP contribution in [0.1, 0.15) is 19.3 Å². The van der Waals surface area contributed by atoms with Crippen molar-refractivity contribution in [3.8, 4) is 0 Å². The van der Waals surface area contributed by atoms with Crippen LogP contribution in [0.15, 0.2) is 30.3 Å². The lowest BCUT2D eigenvalue weighted by molar-refractivity contribution is -0.136. The van der Waals surface area contributed by atoms with E-state index in [1.165, 1.54) is 0 Å². The van der Waals surface area contributed by atoms with E-state index in [4.69, 9.17) is 9.84 Å². The Bertz CT molecular complexity index is 388. The highest BCUT2D eigenvalue weighted by Crippen LogP contribution is 2.20. The number of anilines is 1. The summed E-state index contributed by atoms with van der Waals surface area (Å²) in [5, 5.41) is 8.86. The third-order valence-electron chi connectivity index (χ3n) is 3.45. The van der Waals surface area contributed by atoms with E-state index in [9.17, 15) is 4.79 Å². The number of para-hydroxylation sites is 1. The van der Waals surface area contributed by atoms with Crippen LogP contribution in [0.5, 0.6) is 0 Å². The molecule has 1 aliphatic heterocycles. The molecule has 0 radical (unpaired) electrons. The van der Waals surface area contributed by atoms with Crippen LogP contribution in [0.4, 0.5) is 5.69 Å². The molecule has 4 nitrogen and oxygen atoms in total. The number of hydrogen-bond donors (Lipinski definition) is 1. The fraction of sp³-hybridized carbons (Fsp3) is 0.533. The van der Waals surface area contributed by atoms with Gasteiger partial charge in [0.2, 0.25) is 0 Å². The van der Waals surface area contributed by atoms with Crippen LogP contribution >= 0.6 is 0 Å². The first kappa shape index (κ1) is 13.9. The summed E-state index contributed by atoms with van der Waals surface area (Å²) in [6, 6.07) is 10.0. The van der Waals surface area contributed by atoms with Gasteiger partial charge in [0.25, 0.3) is 0 Å². The molecule has 1 aromatic carbocycles. The second kappa shape index (κ2) is 7.14. The summed E-state index contributed by atoms with van der Waals surface area (Å²) in [6.45, 7) is 3.07. The van der Waals surface area contributed by atoms with Crippen LogP contribution in [0.25, 0.3) is 0 Å². The Kier molecular flexibility index (Phi) is 5.21. The maximum absolute atomic E-state index is 10.8. The van der Waals surface area contributed by atoms with Gasteiger partial charge in [-0.2, -0.15) is 0 Å². The average Bonchev–Trinajstić information content (AvgIpc) is 2.45. The second-order valence-corrected chi connectivity index (χ2v) is 5.01. The molecule has 1 fully saturated rings. The van der Waals surface area contributed by atoms with Crippen molar-refractivity contribution in [3.05, 3.63) is 30.3 Å². The monoisotopic (exact) mass is 263 g/mol. The minimum Gasteiger partial charge on any atom is -0.481 e. The number of carboxylic acids is 1. The van der Waals surface area contributed by atoms with Gasteiger partial charge in [0.1, 0.15) is 0 Å². The first-order chi connectivity index (χ1) is 9.25. The Hall–Kier alpha value is -1.55. The maximum atomic E-state index is 10.8. The van der Waals surface area contributed by atoms with Crippen LogP contribution in [0.2, 0.25) is 0 Å². The minimum atomic E-state index is -0.749. The van der Waals surface area contributed by atoms with Crippen molar-refractivity contribution in [1.82, 2.24) is 0 Å². The molecule has 1 unspecified atom stereocenters. The average molecular weight is 263 g/mol. The van der Waals surface area contributed by atoms with Gasteiger partial charge in [-0.05, 0) is 30.9 Å². The summed E-state index contributed by atoms with van der Waals surface area (Å²) >= 11 is 0. The van der Waals surface area contributed by atoms with Gasteiger partial charge in [-0.1, -0.05) is 18.2 Å². The van der Waals surface area contributed by atoms with Gasteiger partial charge in [-0.3, -0.25) is 4.79 Å². The predicted molar refractivity (Wildman–Crippen MR) is 74.5 cm³/mol. The van der Waals surface area contributed by atoms with Gasteiger partial charge in [-0.15, -0.1) is 0 Å². The molecule has 4 heteroatoms. The Morgan fingerprint density at radius 3 is 2.79 bits per heavy atom. The first-order valence-corrected chi connectivity index (χ1v) is 6.85. The minimum absolute atomic E-state index is 0.169. The summed E-state index contributed by atoms with van der Waals surface area (Å²) < 4.78 is 5.50. The van der Waals surface area contributed by atoms with E-state index in [1.54, 1.807) is 0 Å². The lowest BCUT2D eigenvalue weighted by Crippen LogP contribution is -2.35. The Morgan fingerprint density at radius 2 is 2.16 bits per heavy atom. The summed E-state index contributed by atoms with van der Waals surface area (Å²) in [5.41, 5.74) is 1.09. The van der Waals surface area contributed by atoms with Crippen molar-refractivity contribution >= 4 is 11.7 Å². The van der Waals surface area contributed by atoms with Crippen molar-refractivity contribution < 1.29 is 14.6 Å². The zero-order chi connectivity index (χ0) is 13.5. The van der Waals surface area contributed by atoms with Crippen molar-refractivity contribution in [2.45, 2.75) is 19.3 Å². The molecular weight excluding hydrogens is 242 g/mol. The third kappa shape index (κ3) is 4.56. The summed E-state index contributed by atoms with van der Waals surface area (Å²) in [4.78, 5) is 12.9. The molecule has 0 aromatic heterocycles. The first-order valence-electron chi connectivity index (χ1n) is 6.85. The van der Waals surface area contributed by atoms with Crippen LogP contribution in [0, 0.1) is 5.92 Å². The molecule has 1 N–H and O–H groups in total. The van der Waals surface area contributed by atoms with Crippen LogP contribution < -0.4 is 4.90 Å². The number of carbonyl (C=O) groups is 1. The molecule has 0 bridgehead atoms. The number of rotatable bonds is 6. The topological polar surface area (TPSA) is 49.8 Å². The highest BCUT2D eigenvalue weighted by molar-refractivity contribution is 5.67. The standard InChI is InChI=1S/C15H21NO3/c17-15(18)8-9-16(14-6-2-1-3-7-14)11-13-5-4-10-19-12-13/h1-3,6-7,13H,4-5,8-12H2,(H,17,18). The maximum Gasteiger partial charge on any atom is 0.305 e. The molecule has 1 atom stereocenters. The molecule has 1 saturated heterocycles. The SMILES string of the molecule is O=C(O)CCN(CC1CCCOC1)c1ccccc1. The van der Waals surface area contributed by atoms with Crippen LogP contribution in [-0.4, -0.2) is 37.4 Å². The molecule has 0 aliphatic carbocycles. The van der Waals surface area contributed by atoms with Crippen molar-refractivity contribution in [2.75, 3.05) is 31.2 Å². The van der Waals surface area contributed by atoms with E-state index < -0.39 is 5.97 Å². The third-order valence-corrected chi connectivity index (χ3v) is 3.45. The quantitative estimate of drug-likeness (QED) is 0.856. The van der Waals surface area contributed by atoms with Crippen molar-refractivity contribution in [1.29, 1.82) is 0 Å². The molecule has 0 spiro atoms. The van der Waals surface area contributed by atoms with Crippen molar-refractivity contribution in [2.24, 2.45) is 5.92 Å². The molecule has 1 heterocycles. The Balaban J connectivity index is 1.98.